The Morgan fingerprint density at radius 3 is 2.35 bits per heavy atom. The van der Waals surface area contributed by atoms with Gasteiger partial charge in [0.25, 0.3) is 5.91 Å². The molecule has 2 N–H and O–H groups in total. The number of amides is 2. The topological polar surface area (TPSA) is 71.1 Å². The minimum Gasteiger partial charge on any atom is -0.326 e. The van der Waals surface area contributed by atoms with Gasteiger partial charge in [0.1, 0.15) is 5.69 Å². The Bertz CT molecular complexity index is 789. The van der Waals surface area contributed by atoms with E-state index < -0.39 is 0 Å². The highest BCUT2D eigenvalue weighted by Crippen LogP contribution is 2.49. The van der Waals surface area contributed by atoms with E-state index in [9.17, 15) is 9.59 Å². The van der Waals surface area contributed by atoms with Gasteiger partial charge < -0.3 is 10.6 Å². The lowest BCUT2D eigenvalue weighted by molar-refractivity contribution is -0.117. The summed E-state index contributed by atoms with van der Waals surface area (Å²) in [6.07, 6.45) is 7.41. The van der Waals surface area contributed by atoms with E-state index in [0.29, 0.717) is 23.7 Å². The highest BCUT2D eigenvalue weighted by atomic mass is 16.2. The van der Waals surface area contributed by atoms with Crippen LogP contribution in [-0.4, -0.2) is 16.8 Å². The van der Waals surface area contributed by atoms with Gasteiger partial charge in [-0.1, -0.05) is 12.5 Å². The Morgan fingerprint density at radius 1 is 0.962 bits per heavy atom. The summed E-state index contributed by atoms with van der Waals surface area (Å²) in [5.74, 6) is 2.02. The molecule has 5 heteroatoms. The summed E-state index contributed by atoms with van der Waals surface area (Å²) in [6.45, 7) is 0. The molecule has 1 aromatic carbocycles. The van der Waals surface area contributed by atoms with Crippen molar-refractivity contribution >= 4 is 23.2 Å². The van der Waals surface area contributed by atoms with Crippen LogP contribution >= 0.6 is 0 Å². The molecule has 0 unspecified atom stereocenters. The second kappa shape index (κ2) is 7.28. The zero-order chi connectivity index (χ0) is 17.9. The number of nitrogens with zero attached hydrogens (tertiary/aromatic N) is 1. The summed E-state index contributed by atoms with van der Waals surface area (Å²) in [5.41, 5.74) is 1.80. The van der Waals surface area contributed by atoms with Crippen LogP contribution in [0.5, 0.6) is 0 Å². The fraction of sp³-hybridized carbons (Fsp3) is 0.381. The third kappa shape index (κ3) is 3.77. The van der Waals surface area contributed by atoms with Crippen LogP contribution in [0.25, 0.3) is 0 Å². The molecular formula is C21H23N3O2. The molecule has 2 aliphatic carbocycles. The zero-order valence-electron chi connectivity index (χ0n) is 14.7. The second-order valence-electron chi connectivity index (χ2n) is 7.43. The van der Waals surface area contributed by atoms with Crippen molar-refractivity contribution in [3.8, 4) is 0 Å². The number of aromatic nitrogens is 1. The average molecular weight is 349 g/mol. The van der Waals surface area contributed by atoms with Crippen LogP contribution in [0.1, 0.15) is 42.6 Å². The van der Waals surface area contributed by atoms with Crippen molar-refractivity contribution in [2.45, 2.75) is 32.1 Å². The standard InChI is InChI=1S/C21H23N3O2/c25-20(13-16-12-14-4-5-15(16)11-14)23-17-6-8-18(9-7-17)24-21(26)19-3-1-2-10-22-19/h1-3,6-10,14-16H,4-5,11-13H2,(H,23,25)(H,24,26)/t14-,15+,16+/m0/s1. The Hall–Kier alpha value is -2.69. The molecule has 2 amide bonds. The lowest BCUT2D eigenvalue weighted by Crippen LogP contribution is -2.20. The summed E-state index contributed by atoms with van der Waals surface area (Å²) in [7, 11) is 0. The van der Waals surface area contributed by atoms with Crippen LogP contribution in [-0.2, 0) is 4.79 Å². The summed E-state index contributed by atoms with van der Waals surface area (Å²) in [4.78, 5) is 28.4. The molecule has 134 valence electrons. The smallest absolute Gasteiger partial charge is 0.274 e. The van der Waals surface area contributed by atoms with E-state index in [1.165, 1.54) is 25.7 Å². The molecule has 2 saturated carbocycles. The fourth-order valence-electron chi connectivity index (χ4n) is 4.41. The Kier molecular flexibility index (Phi) is 4.69. The first kappa shape index (κ1) is 16.8. The summed E-state index contributed by atoms with van der Waals surface area (Å²) >= 11 is 0. The number of fused-ring (bicyclic) bond motifs is 2. The lowest BCUT2D eigenvalue weighted by Gasteiger charge is -2.20. The maximum atomic E-state index is 12.3. The fourth-order valence-corrected chi connectivity index (χ4v) is 4.41. The van der Waals surface area contributed by atoms with E-state index >= 15 is 0 Å². The van der Waals surface area contributed by atoms with Crippen LogP contribution in [0, 0.1) is 17.8 Å². The van der Waals surface area contributed by atoms with Gasteiger partial charge in [-0.05, 0) is 73.4 Å². The number of carbonyl (C=O) groups is 2. The third-order valence-electron chi connectivity index (χ3n) is 5.66. The van der Waals surface area contributed by atoms with Gasteiger partial charge in [-0.3, -0.25) is 14.6 Å². The molecule has 1 heterocycles. The van der Waals surface area contributed by atoms with E-state index in [-0.39, 0.29) is 11.8 Å². The molecular weight excluding hydrogens is 326 g/mol. The monoisotopic (exact) mass is 349 g/mol. The van der Waals surface area contributed by atoms with Crippen LogP contribution in [0.2, 0.25) is 0 Å². The van der Waals surface area contributed by atoms with E-state index in [1.54, 1.807) is 36.5 Å². The quantitative estimate of drug-likeness (QED) is 0.854. The van der Waals surface area contributed by atoms with Crippen LogP contribution < -0.4 is 10.6 Å². The van der Waals surface area contributed by atoms with Gasteiger partial charge in [0.2, 0.25) is 5.91 Å². The average Bonchev–Trinajstić information content (AvgIpc) is 3.27. The maximum absolute atomic E-state index is 12.3. The predicted molar refractivity (Wildman–Crippen MR) is 101 cm³/mol. The first-order valence-electron chi connectivity index (χ1n) is 9.29. The molecule has 2 bridgehead atoms. The van der Waals surface area contributed by atoms with Crippen molar-refractivity contribution in [1.29, 1.82) is 0 Å². The number of carbonyl (C=O) groups excluding carboxylic acids is 2. The number of hydrogen-bond acceptors (Lipinski definition) is 3. The maximum Gasteiger partial charge on any atom is 0.274 e. The van der Waals surface area contributed by atoms with Crippen molar-refractivity contribution < 1.29 is 9.59 Å². The molecule has 2 fully saturated rings. The molecule has 0 aliphatic heterocycles. The van der Waals surface area contributed by atoms with Crippen molar-refractivity contribution in [3.63, 3.8) is 0 Å². The summed E-state index contributed by atoms with van der Waals surface area (Å²) in [6, 6.07) is 12.4. The Labute approximate surface area is 153 Å². The Morgan fingerprint density at radius 2 is 1.73 bits per heavy atom. The molecule has 0 saturated heterocycles. The van der Waals surface area contributed by atoms with Crippen molar-refractivity contribution in [2.24, 2.45) is 17.8 Å². The van der Waals surface area contributed by atoms with Gasteiger partial charge in [0, 0.05) is 24.0 Å². The van der Waals surface area contributed by atoms with E-state index in [1.807, 2.05) is 12.1 Å². The van der Waals surface area contributed by atoms with Gasteiger partial charge in [-0.15, -0.1) is 0 Å². The highest BCUT2D eigenvalue weighted by Gasteiger charge is 2.40. The predicted octanol–water partition coefficient (Wildman–Crippen LogP) is 4.10. The summed E-state index contributed by atoms with van der Waals surface area (Å²) < 4.78 is 0. The number of anilines is 2. The van der Waals surface area contributed by atoms with Gasteiger partial charge in [0.05, 0.1) is 0 Å². The first-order chi connectivity index (χ1) is 12.7. The number of pyridine rings is 1. The third-order valence-corrected chi connectivity index (χ3v) is 5.66. The molecule has 5 nitrogen and oxygen atoms in total. The number of rotatable bonds is 5. The van der Waals surface area contributed by atoms with Crippen LogP contribution in [0.4, 0.5) is 11.4 Å². The minimum absolute atomic E-state index is 0.0906. The molecule has 3 atom stereocenters. The molecule has 0 spiro atoms. The Balaban J connectivity index is 1.30. The van der Waals surface area contributed by atoms with Crippen molar-refractivity contribution in [2.75, 3.05) is 10.6 Å². The zero-order valence-corrected chi connectivity index (χ0v) is 14.7. The largest absolute Gasteiger partial charge is 0.326 e. The van der Waals surface area contributed by atoms with Crippen molar-refractivity contribution in [1.82, 2.24) is 4.98 Å². The lowest BCUT2D eigenvalue weighted by atomic mass is 9.86. The molecule has 2 aromatic rings. The highest BCUT2D eigenvalue weighted by molar-refractivity contribution is 6.03. The molecule has 0 radical (unpaired) electrons. The first-order valence-corrected chi connectivity index (χ1v) is 9.29. The van der Waals surface area contributed by atoms with E-state index in [2.05, 4.69) is 15.6 Å². The number of benzene rings is 1. The van der Waals surface area contributed by atoms with E-state index in [4.69, 9.17) is 0 Å². The van der Waals surface area contributed by atoms with Gasteiger partial charge in [0.15, 0.2) is 0 Å². The van der Waals surface area contributed by atoms with Gasteiger partial charge in [-0.25, -0.2) is 0 Å². The van der Waals surface area contributed by atoms with Crippen LogP contribution in [0.15, 0.2) is 48.7 Å². The summed E-state index contributed by atoms with van der Waals surface area (Å²) in [5, 5.41) is 5.78. The SMILES string of the molecule is O=C(C[C@H]1C[C@H]2CC[C@@H]1C2)Nc1ccc(NC(=O)c2ccccn2)cc1. The molecule has 1 aromatic heterocycles. The van der Waals surface area contributed by atoms with Crippen LogP contribution in [0.3, 0.4) is 0 Å². The minimum atomic E-state index is -0.251. The molecule has 26 heavy (non-hydrogen) atoms. The van der Waals surface area contributed by atoms with Gasteiger partial charge in [-0.2, -0.15) is 0 Å². The van der Waals surface area contributed by atoms with E-state index in [0.717, 1.165) is 17.5 Å². The second-order valence-corrected chi connectivity index (χ2v) is 7.43. The van der Waals surface area contributed by atoms with Gasteiger partial charge >= 0.3 is 0 Å². The molecule has 2 aliphatic rings. The number of nitrogens with one attached hydrogen (secondary N) is 2. The number of hydrogen-bond donors (Lipinski definition) is 2. The normalized spacial score (nSPS) is 23.6. The van der Waals surface area contributed by atoms with Crippen molar-refractivity contribution in [3.05, 3.63) is 54.4 Å². The molecule has 4 rings (SSSR count).